The number of pyridine rings is 1. The standard InChI is InChI=1S/C14H14F3N3O2S/c15-14(16,17)12-9-11(23(18,21)22)4-5-13(12)20-8-6-10-3-1-2-7-19-10/h1-5,7,9,20H,6,8H2,(H2,18,21,22). The highest BCUT2D eigenvalue weighted by Crippen LogP contribution is 2.36. The van der Waals surface area contributed by atoms with Crippen LogP contribution in [0.15, 0.2) is 47.5 Å². The normalized spacial score (nSPS) is 12.2. The van der Waals surface area contributed by atoms with Gasteiger partial charge in [0, 0.05) is 30.5 Å². The van der Waals surface area contributed by atoms with E-state index in [1.165, 1.54) is 0 Å². The van der Waals surface area contributed by atoms with Crippen LogP contribution in [0.3, 0.4) is 0 Å². The number of hydrogen-bond acceptors (Lipinski definition) is 4. The van der Waals surface area contributed by atoms with Crippen molar-refractivity contribution in [2.24, 2.45) is 5.14 Å². The van der Waals surface area contributed by atoms with Crippen molar-refractivity contribution in [2.75, 3.05) is 11.9 Å². The smallest absolute Gasteiger partial charge is 0.384 e. The van der Waals surface area contributed by atoms with Crippen LogP contribution in [0, 0.1) is 0 Å². The van der Waals surface area contributed by atoms with Crippen LogP contribution in [0.1, 0.15) is 11.3 Å². The van der Waals surface area contributed by atoms with Crippen molar-refractivity contribution in [3.05, 3.63) is 53.9 Å². The molecule has 1 aromatic carbocycles. The fourth-order valence-corrected chi connectivity index (χ4v) is 2.50. The number of nitrogens with zero attached hydrogens (tertiary/aromatic N) is 1. The molecule has 0 spiro atoms. The largest absolute Gasteiger partial charge is 0.418 e. The van der Waals surface area contributed by atoms with Crippen molar-refractivity contribution in [1.82, 2.24) is 4.98 Å². The van der Waals surface area contributed by atoms with Gasteiger partial charge in [-0.2, -0.15) is 13.2 Å². The Labute approximate surface area is 131 Å². The van der Waals surface area contributed by atoms with E-state index >= 15 is 0 Å². The Morgan fingerprint density at radius 1 is 1.17 bits per heavy atom. The summed E-state index contributed by atoms with van der Waals surface area (Å²) in [6.45, 7) is 0.217. The Balaban J connectivity index is 2.21. The molecule has 0 aliphatic rings. The molecule has 23 heavy (non-hydrogen) atoms. The third-order valence-corrected chi connectivity index (χ3v) is 3.96. The third-order valence-electron chi connectivity index (χ3n) is 3.05. The number of hydrogen-bond donors (Lipinski definition) is 2. The Morgan fingerprint density at radius 3 is 2.48 bits per heavy atom. The molecule has 2 aromatic rings. The van der Waals surface area contributed by atoms with Gasteiger partial charge in [0.2, 0.25) is 10.0 Å². The van der Waals surface area contributed by atoms with Gasteiger partial charge in [0.15, 0.2) is 0 Å². The predicted molar refractivity (Wildman–Crippen MR) is 79.2 cm³/mol. The Hall–Kier alpha value is -2.13. The Morgan fingerprint density at radius 2 is 1.91 bits per heavy atom. The van der Waals surface area contributed by atoms with Gasteiger partial charge in [0.25, 0.3) is 0 Å². The van der Waals surface area contributed by atoms with Crippen LogP contribution < -0.4 is 10.5 Å². The zero-order chi connectivity index (χ0) is 17.1. The zero-order valence-electron chi connectivity index (χ0n) is 11.8. The summed E-state index contributed by atoms with van der Waals surface area (Å²) >= 11 is 0. The van der Waals surface area contributed by atoms with E-state index in [0.717, 1.165) is 17.8 Å². The summed E-state index contributed by atoms with van der Waals surface area (Å²) in [6, 6.07) is 7.90. The third kappa shape index (κ3) is 4.67. The Kier molecular flexibility index (Phi) is 4.90. The average molecular weight is 345 g/mol. The number of benzene rings is 1. The summed E-state index contributed by atoms with van der Waals surface area (Å²) in [5.41, 5.74) is -0.555. The monoisotopic (exact) mass is 345 g/mol. The number of rotatable bonds is 5. The highest BCUT2D eigenvalue weighted by atomic mass is 32.2. The van der Waals surface area contributed by atoms with Crippen LogP contribution in [-0.4, -0.2) is 19.9 Å². The number of sulfonamides is 1. The molecule has 1 aromatic heterocycles. The van der Waals surface area contributed by atoms with Gasteiger partial charge < -0.3 is 5.32 Å². The lowest BCUT2D eigenvalue weighted by Crippen LogP contribution is -2.17. The molecular weight excluding hydrogens is 331 g/mol. The molecule has 9 heteroatoms. The molecule has 1 heterocycles. The van der Waals surface area contributed by atoms with Crippen molar-refractivity contribution >= 4 is 15.7 Å². The first-order valence-electron chi connectivity index (χ1n) is 6.56. The lowest BCUT2D eigenvalue weighted by Gasteiger charge is -2.15. The van der Waals surface area contributed by atoms with E-state index in [0.29, 0.717) is 12.5 Å². The highest BCUT2D eigenvalue weighted by Gasteiger charge is 2.34. The average Bonchev–Trinajstić information content (AvgIpc) is 2.46. The van der Waals surface area contributed by atoms with Gasteiger partial charge in [0.1, 0.15) is 0 Å². The van der Waals surface area contributed by atoms with Crippen molar-refractivity contribution < 1.29 is 21.6 Å². The summed E-state index contributed by atoms with van der Waals surface area (Å²) in [5, 5.41) is 7.52. The fourth-order valence-electron chi connectivity index (χ4n) is 1.96. The minimum atomic E-state index is -4.70. The van der Waals surface area contributed by atoms with Crippen molar-refractivity contribution in [3.63, 3.8) is 0 Å². The molecule has 0 aliphatic heterocycles. The lowest BCUT2D eigenvalue weighted by atomic mass is 10.1. The van der Waals surface area contributed by atoms with Gasteiger partial charge in [-0.1, -0.05) is 6.07 Å². The summed E-state index contributed by atoms with van der Waals surface area (Å²) in [5.74, 6) is 0. The molecule has 0 saturated carbocycles. The number of alkyl halides is 3. The molecule has 0 fully saturated rings. The summed E-state index contributed by atoms with van der Waals surface area (Å²) < 4.78 is 61.6. The first-order valence-corrected chi connectivity index (χ1v) is 8.10. The topological polar surface area (TPSA) is 85.1 Å². The van der Waals surface area contributed by atoms with Gasteiger partial charge in [-0.05, 0) is 30.3 Å². The molecule has 0 radical (unpaired) electrons. The second-order valence-corrected chi connectivity index (χ2v) is 6.31. The van der Waals surface area contributed by atoms with E-state index < -0.39 is 26.7 Å². The van der Waals surface area contributed by atoms with Gasteiger partial charge in [-0.25, -0.2) is 13.6 Å². The maximum atomic E-state index is 13.1. The van der Waals surface area contributed by atoms with Crippen LogP contribution in [0.25, 0.3) is 0 Å². The SMILES string of the molecule is NS(=O)(=O)c1ccc(NCCc2ccccn2)c(C(F)(F)F)c1. The highest BCUT2D eigenvalue weighted by molar-refractivity contribution is 7.89. The first-order chi connectivity index (χ1) is 10.7. The van der Waals surface area contributed by atoms with Crippen molar-refractivity contribution in [2.45, 2.75) is 17.5 Å². The van der Waals surface area contributed by atoms with Crippen LogP contribution in [0.5, 0.6) is 0 Å². The molecule has 124 valence electrons. The van der Waals surface area contributed by atoms with E-state index in [1.807, 2.05) is 0 Å². The van der Waals surface area contributed by atoms with E-state index in [4.69, 9.17) is 5.14 Å². The molecule has 0 bridgehead atoms. The predicted octanol–water partition coefficient (Wildman–Crippen LogP) is 2.40. The number of aromatic nitrogens is 1. The minimum Gasteiger partial charge on any atom is -0.384 e. The summed E-state index contributed by atoms with van der Waals surface area (Å²) in [6.07, 6.45) is -2.68. The van der Waals surface area contributed by atoms with Gasteiger partial charge in [-0.15, -0.1) is 0 Å². The molecule has 0 unspecified atom stereocenters. The zero-order valence-corrected chi connectivity index (χ0v) is 12.7. The van der Waals surface area contributed by atoms with Gasteiger partial charge >= 0.3 is 6.18 Å². The second kappa shape index (κ2) is 6.55. The number of halogens is 3. The van der Waals surface area contributed by atoms with Crippen LogP contribution in [-0.2, 0) is 22.6 Å². The van der Waals surface area contributed by atoms with E-state index in [-0.39, 0.29) is 12.2 Å². The minimum absolute atomic E-state index is 0.208. The molecule has 5 nitrogen and oxygen atoms in total. The molecule has 0 amide bonds. The molecule has 0 aliphatic carbocycles. The molecular formula is C14H14F3N3O2S. The van der Waals surface area contributed by atoms with Crippen molar-refractivity contribution in [3.8, 4) is 0 Å². The second-order valence-electron chi connectivity index (χ2n) is 4.75. The molecule has 2 rings (SSSR count). The molecule has 0 saturated heterocycles. The van der Waals surface area contributed by atoms with Crippen LogP contribution in [0.2, 0.25) is 0 Å². The molecule has 0 atom stereocenters. The number of primary sulfonamides is 1. The molecule has 3 N–H and O–H groups in total. The first kappa shape index (κ1) is 17.2. The van der Waals surface area contributed by atoms with E-state index in [2.05, 4.69) is 10.3 Å². The summed E-state index contributed by atoms with van der Waals surface area (Å²) in [7, 11) is -4.20. The van der Waals surface area contributed by atoms with Crippen LogP contribution in [0.4, 0.5) is 18.9 Å². The van der Waals surface area contributed by atoms with E-state index in [9.17, 15) is 21.6 Å². The number of nitrogens with two attached hydrogens (primary N) is 1. The number of nitrogens with one attached hydrogen (secondary N) is 1. The van der Waals surface area contributed by atoms with Gasteiger partial charge in [0.05, 0.1) is 10.5 Å². The number of anilines is 1. The van der Waals surface area contributed by atoms with Crippen LogP contribution >= 0.6 is 0 Å². The van der Waals surface area contributed by atoms with E-state index in [1.54, 1.807) is 24.4 Å². The maximum Gasteiger partial charge on any atom is 0.418 e. The maximum absolute atomic E-state index is 13.1. The lowest BCUT2D eigenvalue weighted by molar-refractivity contribution is -0.137. The van der Waals surface area contributed by atoms with Crippen molar-refractivity contribution in [1.29, 1.82) is 0 Å². The Bertz CT molecular complexity index is 778. The van der Waals surface area contributed by atoms with Gasteiger partial charge in [-0.3, -0.25) is 4.98 Å². The summed E-state index contributed by atoms with van der Waals surface area (Å²) in [4.78, 5) is 3.49. The fraction of sp³-hybridized carbons (Fsp3) is 0.214. The quantitative estimate of drug-likeness (QED) is 0.871.